The summed E-state index contributed by atoms with van der Waals surface area (Å²) in [5.41, 5.74) is 2.49. The number of hydrogen-bond acceptors (Lipinski definition) is 5. The van der Waals surface area contributed by atoms with Gasteiger partial charge >= 0.3 is 5.97 Å². The second-order valence-corrected chi connectivity index (χ2v) is 10.5. The number of aromatic nitrogens is 1. The Kier molecular flexibility index (Phi) is 7.47. The second kappa shape index (κ2) is 10.6. The molecule has 3 amide bonds. The number of hydrogen-bond donors (Lipinski definition) is 1. The molecule has 3 aromatic rings. The number of imide groups is 1. The maximum Gasteiger partial charge on any atom is 0.338 e. The SMILES string of the molecule is CCOC(=O)c1ccc(N2C(=O)CC(N(CCc3c[nH]c4ccccc34)C(=O)CC(C)(C)C)C2=O)cc1. The lowest BCUT2D eigenvalue weighted by Gasteiger charge is -2.30. The first-order chi connectivity index (χ1) is 17.6. The smallest absolute Gasteiger partial charge is 0.338 e. The van der Waals surface area contributed by atoms with Crippen LogP contribution in [0.3, 0.4) is 0 Å². The van der Waals surface area contributed by atoms with E-state index in [2.05, 4.69) is 4.98 Å². The van der Waals surface area contributed by atoms with Crippen molar-refractivity contribution in [1.29, 1.82) is 0 Å². The Hall–Kier alpha value is -3.94. The summed E-state index contributed by atoms with van der Waals surface area (Å²) in [6.07, 6.45) is 2.65. The Labute approximate surface area is 216 Å². The van der Waals surface area contributed by atoms with Crippen molar-refractivity contribution < 1.29 is 23.9 Å². The van der Waals surface area contributed by atoms with E-state index in [0.29, 0.717) is 24.2 Å². The van der Waals surface area contributed by atoms with Crippen LogP contribution in [0.15, 0.2) is 54.7 Å². The number of aromatic amines is 1. The van der Waals surface area contributed by atoms with Crippen LogP contribution in [-0.2, 0) is 25.5 Å². The molecule has 1 aromatic heterocycles. The zero-order valence-electron chi connectivity index (χ0n) is 21.7. The number of nitrogens with one attached hydrogen (secondary N) is 1. The van der Waals surface area contributed by atoms with Crippen molar-refractivity contribution in [1.82, 2.24) is 9.88 Å². The van der Waals surface area contributed by atoms with Crippen molar-refractivity contribution in [2.24, 2.45) is 5.41 Å². The summed E-state index contributed by atoms with van der Waals surface area (Å²) in [5, 5.41) is 1.07. The number of amides is 3. The molecular formula is C29H33N3O5. The molecule has 0 radical (unpaired) electrons. The van der Waals surface area contributed by atoms with Gasteiger partial charge in [-0.2, -0.15) is 0 Å². The van der Waals surface area contributed by atoms with Crippen LogP contribution in [0, 0.1) is 5.41 Å². The molecule has 1 N–H and O–H groups in total. The number of para-hydroxylation sites is 1. The molecule has 1 atom stereocenters. The van der Waals surface area contributed by atoms with Crippen LogP contribution in [0.5, 0.6) is 0 Å². The first-order valence-corrected chi connectivity index (χ1v) is 12.6. The fourth-order valence-corrected chi connectivity index (χ4v) is 4.68. The average Bonchev–Trinajstić information content (AvgIpc) is 3.38. The van der Waals surface area contributed by atoms with E-state index in [-0.39, 0.29) is 36.7 Å². The van der Waals surface area contributed by atoms with Gasteiger partial charge in [0.15, 0.2) is 0 Å². The highest BCUT2D eigenvalue weighted by atomic mass is 16.5. The number of anilines is 1. The van der Waals surface area contributed by atoms with Gasteiger partial charge < -0.3 is 14.6 Å². The summed E-state index contributed by atoms with van der Waals surface area (Å²) >= 11 is 0. The first-order valence-electron chi connectivity index (χ1n) is 12.6. The van der Waals surface area contributed by atoms with E-state index >= 15 is 0 Å². The minimum Gasteiger partial charge on any atom is -0.462 e. The summed E-state index contributed by atoms with van der Waals surface area (Å²) in [7, 11) is 0. The molecular weight excluding hydrogens is 470 g/mol. The van der Waals surface area contributed by atoms with Crippen LogP contribution in [-0.4, -0.2) is 52.8 Å². The highest BCUT2D eigenvalue weighted by Crippen LogP contribution is 2.29. The fourth-order valence-electron chi connectivity index (χ4n) is 4.68. The number of benzene rings is 2. The van der Waals surface area contributed by atoms with E-state index in [4.69, 9.17) is 4.74 Å². The maximum absolute atomic E-state index is 13.5. The molecule has 1 aliphatic heterocycles. The number of carbonyl (C=O) groups excluding carboxylic acids is 4. The predicted octanol–water partition coefficient (Wildman–Crippen LogP) is 4.48. The normalized spacial score (nSPS) is 15.9. The highest BCUT2D eigenvalue weighted by molar-refractivity contribution is 6.23. The monoisotopic (exact) mass is 503 g/mol. The summed E-state index contributed by atoms with van der Waals surface area (Å²) in [4.78, 5) is 57.9. The Morgan fingerprint density at radius 3 is 2.46 bits per heavy atom. The highest BCUT2D eigenvalue weighted by Gasteiger charge is 2.44. The van der Waals surface area contributed by atoms with Gasteiger partial charge in [-0.15, -0.1) is 0 Å². The van der Waals surface area contributed by atoms with E-state index in [1.54, 1.807) is 24.0 Å². The molecule has 1 fully saturated rings. The number of carbonyl (C=O) groups is 4. The van der Waals surface area contributed by atoms with Crippen molar-refractivity contribution in [2.75, 3.05) is 18.1 Å². The lowest BCUT2D eigenvalue weighted by Crippen LogP contribution is -2.47. The molecule has 1 unspecified atom stereocenters. The van der Waals surface area contributed by atoms with Gasteiger partial charge in [0.05, 0.1) is 24.3 Å². The Balaban J connectivity index is 1.57. The largest absolute Gasteiger partial charge is 0.462 e. The lowest BCUT2D eigenvalue weighted by molar-refractivity contribution is -0.139. The molecule has 1 saturated heterocycles. The molecule has 0 aliphatic carbocycles. The van der Waals surface area contributed by atoms with Gasteiger partial charge in [0.1, 0.15) is 6.04 Å². The van der Waals surface area contributed by atoms with E-state index < -0.39 is 17.9 Å². The van der Waals surface area contributed by atoms with Gasteiger partial charge in [0, 0.05) is 30.1 Å². The van der Waals surface area contributed by atoms with E-state index in [9.17, 15) is 19.2 Å². The molecule has 2 heterocycles. The Bertz CT molecular complexity index is 1320. The van der Waals surface area contributed by atoms with Gasteiger partial charge in [-0.3, -0.25) is 14.4 Å². The topological polar surface area (TPSA) is 99.8 Å². The minimum atomic E-state index is -0.878. The number of ether oxygens (including phenoxy) is 1. The third-order valence-corrected chi connectivity index (χ3v) is 6.43. The zero-order valence-corrected chi connectivity index (χ0v) is 21.7. The Morgan fingerprint density at radius 1 is 1.08 bits per heavy atom. The molecule has 0 bridgehead atoms. The summed E-state index contributed by atoms with van der Waals surface area (Å²) in [5.74, 6) is -1.44. The van der Waals surface area contributed by atoms with Crippen molar-refractivity contribution in [2.45, 2.75) is 53.0 Å². The van der Waals surface area contributed by atoms with Gasteiger partial charge in [0.25, 0.3) is 5.91 Å². The van der Waals surface area contributed by atoms with Crippen LogP contribution in [0.25, 0.3) is 10.9 Å². The predicted molar refractivity (Wildman–Crippen MR) is 141 cm³/mol. The van der Waals surface area contributed by atoms with Gasteiger partial charge in [-0.25, -0.2) is 9.69 Å². The van der Waals surface area contributed by atoms with Crippen molar-refractivity contribution in [3.05, 3.63) is 65.9 Å². The van der Waals surface area contributed by atoms with E-state index in [0.717, 1.165) is 21.4 Å². The number of nitrogens with zero attached hydrogens (tertiary/aromatic N) is 2. The van der Waals surface area contributed by atoms with Crippen molar-refractivity contribution in [3.8, 4) is 0 Å². The van der Waals surface area contributed by atoms with E-state index in [1.807, 2.05) is 51.2 Å². The first kappa shape index (κ1) is 26.1. The second-order valence-electron chi connectivity index (χ2n) is 10.5. The quantitative estimate of drug-likeness (QED) is 0.361. The van der Waals surface area contributed by atoms with Crippen LogP contribution >= 0.6 is 0 Å². The summed E-state index contributed by atoms with van der Waals surface area (Å²) < 4.78 is 5.00. The number of H-pyrrole nitrogens is 1. The standard InChI is InChI=1S/C29H33N3O5/c1-5-37-28(36)19-10-12-21(13-11-19)32-25(33)16-24(27(32)35)31(26(34)17-29(2,3)4)15-14-20-18-30-23-9-7-6-8-22(20)23/h6-13,18,24,30H,5,14-17H2,1-4H3. The van der Waals surface area contributed by atoms with Crippen molar-refractivity contribution in [3.63, 3.8) is 0 Å². The van der Waals surface area contributed by atoms with Gasteiger partial charge in [-0.1, -0.05) is 39.0 Å². The third kappa shape index (κ3) is 5.74. The Morgan fingerprint density at radius 2 is 1.78 bits per heavy atom. The van der Waals surface area contributed by atoms with E-state index in [1.165, 1.54) is 12.1 Å². The molecule has 1 aliphatic rings. The van der Waals surface area contributed by atoms with Crippen molar-refractivity contribution >= 4 is 40.3 Å². The average molecular weight is 504 g/mol. The number of esters is 1. The zero-order chi connectivity index (χ0) is 26.7. The summed E-state index contributed by atoms with van der Waals surface area (Å²) in [6, 6.07) is 13.2. The molecule has 8 heteroatoms. The molecule has 0 saturated carbocycles. The molecule has 0 spiro atoms. The molecule has 4 rings (SSSR count). The molecule has 194 valence electrons. The van der Waals surface area contributed by atoms with Crippen LogP contribution in [0.2, 0.25) is 0 Å². The van der Waals surface area contributed by atoms with Gasteiger partial charge in [0.2, 0.25) is 11.8 Å². The third-order valence-electron chi connectivity index (χ3n) is 6.43. The molecule has 37 heavy (non-hydrogen) atoms. The summed E-state index contributed by atoms with van der Waals surface area (Å²) in [6.45, 7) is 8.21. The number of rotatable bonds is 8. The van der Waals surface area contributed by atoms with Crippen LogP contribution in [0.1, 0.15) is 56.5 Å². The minimum absolute atomic E-state index is 0.0811. The van der Waals surface area contributed by atoms with Gasteiger partial charge in [-0.05, 0) is 54.7 Å². The maximum atomic E-state index is 13.5. The fraction of sp³-hybridized carbons (Fsp3) is 0.379. The number of fused-ring (bicyclic) bond motifs is 1. The van der Waals surface area contributed by atoms with Crippen LogP contribution in [0.4, 0.5) is 5.69 Å². The molecule has 8 nitrogen and oxygen atoms in total. The lowest BCUT2D eigenvalue weighted by atomic mass is 9.91. The molecule has 2 aromatic carbocycles. The van der Waals surface area contributed by atoms with Crippen LogP contribution < -0.4 is 4.90 Å².